The quantitative estimate of drug-likeness (QED) is 0.859. The van der Waals surface area contributed by atoms with Crippen molar-refractivity contribution in [1.29, 1.82) is 0 Å². The Morgan fingerprint density at radius 2 is 1.80 bits per heavy atom. The van der Waals surface area contributed by atoms with Crippen molar-refractivity contribution in [2.45, 2.75) is 39.9 Å². The summed E-state index contributed by atoms with van der Waals surface area (Å²) in [5.74, 6) is 0. The van der Waals surface area contributed by atoms with Gasteiger partial charge in [-0.3, -0.25) is 9.80 Å². The van der Waals surface area contributed by atoms with E-state index < -0.39 is 0 Å². The normalized spacial score (nSPS) is 21.2. The van der Waals surface area contributed by atoms with Crippen LogP contribution in [-0.2, 0) is 13.1 Å². The molecule has 1 aliphatic rings. The molecule has 1 aliphatic heterocycles. The van der Waals surface area contributed by atoms with E-state index in [2.05, 4.69) is 60.2 Å². The van der Waals surface area contributed by atoms with Crippen LogP contribution in [0.2, 0.25) is 0 Å². The Hall–Kier alpha value is -0.900. The number of rotatable bonds is 6. The van der Waals surface area contributed by atoms with Crippen LogP contribution >= 0.6 is 0 Å². The Labute approximate surface area is 124 Å². The largest absolute Gasteiger partial charge is 0.313 e. The first kappa shape index (κ1) is 15.5. The fraction of sp³-hybridized carbons (Fsp3) is 0.647. The topological polar surface area (TPSA) is 18.5 Å². The van der Waals surface area contributed by atoms with Gasteiger partial charge in [0, 0.05) is 38.8 Å². The van der Waals surface area contributed by atoms with Gasteiger partial charge in [-0.15, -0.1) is 0 Å². The fourth-order valence-electron chi connectivity index (χ4n) is 2.97. The molecular formula is C17H29N3. The molecule has 0 amide bonds. The van der Waals surface area contributed by atoms with Crippen molar-refractivity contribution in [1.82, 2.24) is 15.1 Å². The molecule has 1 aromatic carbocycles. The van der Waals surface area contributed by atoms with Gasteiger partial charge in [0.25, 0.3) is 0 Å². The number of nitrogens with one attached hydrogen (secondary N) is 1. The highest BCUT2D eigenvalue weighted by atomic mass is 15.3. The van der Waals surface area contributed by atoms with Gasteiger partial charge in [0.15, 0.2) is 0 Å². The number of hydrogen-bond acceptors (Lipinski definition) is 3. The Morgan fingerprint density at radius 3 is 2.40 bits per heavy atom. The monoisotopic (exact) mass is 275 g/mol. The highest BCUT2D eigenvalue weighted by Gasteiger charge is 2.21. The third-order valence-corrected chi connectivity index (χ3v) is 4.26. The van der Waals surface area contributed by atoms with E-state index in [0.717, 1.165) is 19.6 Å². The van der Waals surface area contributed by atoms with E-state index in [1.165, 1.54) is 37.3 Å². The van der Waals surface area contributed by atoms with Crippen molar-refractivity contribution in [2.75, 3.05) is 32.7 Å². The predicted molar refractivity (Wildman–Crippen MR) is 85.8 cm³/mol. The second-order valence-electron chi connectivity index (χ2n) is 5.81. The van der Waals surface area contributed by atoms with Gasteiger partial charge in [-0.1, -0.05) is 38.1 Å². The van der Waals surface area contributed by atoms with Crippen molar-refractivity contribution in [3.8, 4) is 0 Å². The first-order valence-corrected chi connectivity index (χ1v) is 7.97. The van der Waals surface area contributed by atoms with Gasteiger partial charge >= 0.3 is 0 Å². The second kappa shape index (κ2) is 7.77. The molecule has 0 spiro atoms. The minimum absolute atomic E-state index is 0.682. The summed E-state index contributed by atoms with van der Waals surface area (Å²) in [6.07, 6.45) is 0. The van der Waals surface area contributed by atoms with Crippen LogP contribution in [0.3, 0.4) is 0 Å². The number of piperazine rings is 1. The van der Waals surface area contributed by atoms with Gasteiger partial charge in [-0.05, 0) is 31.1 Å². The van der Waals surface area contributed by atoms with Gasteiger partial charge < -0.3 is 5.32 Å². The van der Waals surface area contributed by atoms with Crippen LogP contribution in [-0.4, -0.2) is 48.6 Å². The molecule has 1 saturated heterocycles. The van der Waals surface area contributed by atoms with Crippen LogP contribution in [0.5, 0.6) is 0 Å². The van der Waals surface area contributed by atoms with Crippen LogP contribution in [0.4, 0.5) is 0 Å². The van der Waals surface area contributed by atoms with E-state index >= 15 is 0 Å². The Kier molecular flexibility index (Phi) is 6.02. The molecule has 3 nitrogen and oxygen atoms in total. The van der Waals surface area contributed by atoms with Crippen LogP contribution < -0.4 is 5.32 Å². The minimum Gasteiger partial charge on any atom is -0.313 e. The number of benzene rings is 1. The molecule has 2 rings (SSSR count). The molecule has 0 aliphatic carbocycles. The van der Waals surface area contributed by atoms with Gasteiger partial charge in [-0.25, -0.2) is 0 Å². The van der Waals surface area contributed by atoms with E-state index in [4.69, 9.17) is 0 Å². The molecule has 0 bridgehead atoms. The summed E-state index contributed by atoms with van der Waals surface area (Å²) in [4.78, 5) is 5.14. The lowest BCUT2D eigenvalue weighted by Crippen LogP contribution is -2.51. The van der Waals surface area contributed by atoms with E-state index in [1.54, 1.807) is 0 Å². The molecule has 0 saturated carbocycles. The maximum atomic E-state index is 3.37. The van der Waals surface area contributed by atoms with Crippen molar-refractivity contribution >= 4 is 0 Å². The first-order chi connectivity index (χ1) is 9.72. The summed E-state index contributed by atoms with van der Waals surface area (Å²) in [6, 6.07) is 9.75. The number of hydrogen-bond donors (Lipinski definition) is 1. The van der Waals surface area contributed by atoms with Crippen LogP contribution in [0.1, 0.15) is 31.9 Å². The van der Waals surface area contributed by atoms with Crippen LogP contribution in [0, 0.1) is 0 Å². The number of nitrogens with zero attached hydrogens (tertiary/aromatic N) is 2. The third kappa shape index (κ3) is 4.30. The Morgan fingerprint density at radius 1 is 1.10 bits per heavy atom. The molecule has 112 valence electrons. The fourth-order valence-corrected chi connectivity index (χ4v) is 2.97. The molecule has 20 heavy (non-hydrogen) atoms. The maximum absolute atomic E-state index is 3.37. The summed E-state index contributed by atoms with van der Waals surface area (Å²) >= 11 is 0. The van der Waals surface area contributed by atoms with Crippen LogP contribution in [0.25, 0.3) is 0 Å². The zero-order valence-electron chi connectivity index (χ0n) is 13.2. The zero-order chi connectivity index (χ0) is 14.4. The molecule has 1 fully saturated rings. The van der Waals surface area contributed by atoms with Crippen molar-refractivity contribution < 1.29 is 0 Å². The van der Waals surface area contributed by atoms with E-state index in [-0.39, 0.29) is 0 Å². The van der Waals surface area contributed by atoms with Crippen molar-refractivity contribution in [2.24, 2.45) is 0 Å². The van der Waals surface area contributed by atoms with Gasteiger partial charge in [0.05, 0.1) is 0 Å². The predicted octanol–water partition coefficient (Wildman–Crippen LogP) is 2.32. The molecule has 1 atom stereocenters. The molecule has 0 aromatic heterocycles. The van der Waals surface area contributed by atoms with E-state index in [1.807, 2.05) is 0 Å². The zero-order valence-corrected chi connectivity index (χ0v) is 13.2. The summed E-state index contributed by atoms with van der Waals surface area (Å²) in [5, 5.41) is 3.37. The standard InChI is InChI=1S/C17H29N3/c1-4-18-12-16-6-8-17(9-7-16)14-19-10-11-20(5-2)15(3)13-19/h6-9,15,18H,4-5,10-14H2,1-3H3. The average molecular weight is 275 g/mol. The summed E-state index contributed by atoms with van der Waals surface area (Å²) in [5.41, 5.74) is 2.81. The SMILES string of the molecule is CCNCc1ccc(CN2CCN(CC)C(C)C2)cc1. The highest BCUT2D eigenvalue weighted by molar-refractivity contribution is 5.22. The summed E-state index contributed by atoms with van der Waals surface area (Å²) in [6.45, 7) is 14.6. The Bertz CT molecular complexity index is 388. The maximum Gasteiger partial charge on any atom is 0.0234 e. The highest BCUT2D eigenvalue weighted by Crippen LogP contribution is 2.13. The van der Waals surface area contributed by atoms with Gasteiger partial charge in [0.2, 0.25) is 0 Å². The van der Waals surface area contributed by atoms with E-state index in [9.17, 15) is 0 Å². The third-order valence-electron chi connectivity index (χ3n) is 4.26. The van der Waals surface area contributed by atoms with E-state index in [0.29, 0.717) is 6.04 Å². The summed E-state index contributed by atoms with van der Waals surface area (Å²) < 4.78 is 0. The van der Waals surface area contributed by atoms with Crippen molar-refractivity contribution in [3.05, 3.63) is 35.4 Å². The molecule has 1 unspecified atom stereocenters. The molecule has 3 heteroatoms. The summed E-state index contributed by atoms with van der Waals surface area (Å²) in [7, 11) is 0. The Balaban J connectivity index is 1.84. The second-order valence-corrected chi connectivity index (χ2v) is 5.81. The van der Waals surface area contributed by atoms with Crippen LogP contribution in [0.15, 0.2) is 24.3 Å². The van der Waals surface area contributed by atoms with Gasteiger partial charge in [-0.2, -0.15) is 0 Å². The van der Waals surface area contributed by atoms with Gasteiger partial charge in [0.1, 0.15) is 0 Å². The molecule has 1 heterocycles. The molecular weight excluding hydrogens is 246 g/mol. The molecule has 0 radical (unpaired) electrons. The average Bonchev–Trinajstić information content (AvgIpc) is 2.47. The lowest BCUT2D eigenvalue weighted by molar-refractivity contribution is 0.0834. The minimum atomic E-state index is 0.682. The molecule has 1 aromatic rings. The first-order valence-electron chi connectivity index (χ1n) is 7.97. The smallest absolute Gasteiger partial charge is 0.0234 e. The molecule has 1 N–H and O–H groups in total. The lowest BCUT2D eigenvalue weighted by atomic mass is 10.1. The number of likely N-dealkylation sites (N-methyl/N-ethyl adjacent to an activating group) is 1. The lowest BCUT2D eigenvalue weighted by Gasteiger charge is -2.39. The van der Waals surface area contributed by atoms with Crippen molar-refractivity contribution in [3.63, 3.8) is 0 Å².